The number of rotatable bonds is 5. The van der Waals surface area contributed by atoms with Crippen molar-refractivity contribution in [2.75, 3.05) is 0 Å². The Kier molecular flexibility index (Phi) is 6.17. The summed E-state index contributed by atoms with van der Waals surface area (Å²) >= 11 is 8.25. The summed E-state index contributed by atoms with van der Waals surface area (Å²) in [5, 5.41) is 3.41. The Morgan fingerprint density at radius 1 is 0.727 bits per heavy atom. The van der Waals surface area contributed by atoms with E-state index in [0.717, 1.165) is 11.5 Å². The van der Waals surface area contributed by atoms with Crippen LogP contribution in [0.3, 0.4) is 0 Å². The molecule has 2 heteroatoms. The molecule has 5 rings (SSSR count). The lowest BCUT2D eigenvalue weighted by molar-refractivity contribution is 1.24. The van der Waals surface area contributed by atoms with Gasteiger partial charge in [-0.3, -0.25) is 0 Å². The van der Waals surface area contributed by atoms with Crippen molar-refractivity contribution in [3.8, 4) is 22.3 Å². The average molecular weight is 465 g/mol. The Balaban J connectivity index is 1.66. The zero-order chi connectivity index (χ0) is 22.8. The van der Waals surface area contributed by atoms with Gasteiger partial charge >= 0.3 is 0 Å². The summed E-state index contributed by atoms with van der Waals surface area (Å²) in [4.78, 5) is 0. The summed E-state index contributed by atoms with van der Waals surface area (Å²) in [6.45, 7) is 4.17. The molecule has 0 aliphatic carbocycles. The molecule has 0 N–H and O–H groups in total. The molecule has 0 unspecified atom stereocenters. The van der Waals surface area contributed by atoms with Crippen LogP contribution in [0.4, 0.5) is 0 Å². The van der Waals surface area contributed by atoms with E-state index in [1.165, 1.54) is 53.6 Å². The van der Waals surface area contributed by atoms with E-state index in [1.807, 2.05) is 24.3 Å². The predicted octanol–water partition coefficient (Wildman–Crippen LogP) is 10.3. The fourth-order valence-electron chi connectivity index (χ4n) is 4.39. The maximum atomic E-state index is 6.37. The maximum Gasteiger partial charge on any atom is 0.0434 e. The van der Waals surface area contributed by atoms with E-state index < -0.39 is 0 Å². The Morgan fingerprint density at radius 2 is 1.36 bits per heavy atom. The van der Waals surface area contributed by atoms with Gasteiger partial charge in [0.2, 0.25) is 0 Å². The van der Waals surface area contributed by atoms with Gasteiger partial charge in [-0.25, -0.2) is 0 Å². The van der Waals surface area contributed by atoms with Gasteiger partial charge in [-0.15, -0.1) is 11.3 Å². The van der Waals surface area contributed by atoms with Gasteiger partial charge < -0.3 is 0 Å². The SMILES string of the molecule is C/C=C(Cl)\C=C(/CC)c1cccc2c1sc1c(-c3ccc(-c4ccccc4)cc3)cccc12. The summed E-state index contributed by atoms with van der Waals surface area (Å²) < 4.78 is 2.66. The molecule has 4 aromatic carbocycles. The molecule has 0 radical (unpaired) electrons. The summed E-state index contributed by atoms with van der Waals surface area (Å²) in [5.74, 6) is 0. The number of allylic oxidation sites excluding steroid dienone is 4. The highest BCUT2D eigenvalue weighted by molar-refractivity contribution is 7.26. The van der Waals surface area contributed by atoms with Gasteiger partial charge in [-0.1, -0.05) is 116 Å². The van der Waals surface area contributed by atoms with Crippen LogP contribution in [0.2, 0.25) is 0 Å². The Bertz CT molecular complexity index is 1490. The van der Waals surface area contributed by atoms with Crippen molar-refractivity contribution >= 4 is 48.7 Å². The van der Waals surface area contributed by atoms with Crippen molar-refractivity contribution in [1.29, 1.82) is 0 Å². The predicted molar refractivity (Wildman–Crippen MR) is 148 cm³/mol. The highest BCUT2D eigenvalue weighted by atomic mass is 35.5. The number of benzene rings is 4. The molecule has 162 valence electrons. The van der Waals surface area contributed by atoms with Crippen molar-refractivity contribution in [2.45, 2.75) is 20.3 Å². The van der Waals surface area contributed by atoms with Gasteiger partial charge in [-0.2, -0.15) is 0 Å². The van der Waals surface area contributed by atoms with Gasteiger partial charge in [0.15, 0.2) is 0 Å². The first-order valence-electron chi connectivity index (χ1n) is 11.3. The van der Waals surface area contributed by atoms with Crippen LogP contribution >= 0.6 is 22.9 Å². The first kappa shape index (κ1) is 21.7. The molecule has 0 atom stereocenters. The third kappa shape index (κ3) is 4.15. The van der Waals surface area contributed by atoms with E-state index in [2.05, 4.69) is 104 Å². The number of halogens is 1. The minimum absolute atomic E-state index is 0.782. The van der Waals surface area contributed by atoms with Crippen LogP contribution in [0.15, 0.2) is 108 Å². The van der Waals surface area contributed by atoms with Gasteiger partial charge in [0.25, 0.3) is 0 Å². The molecule has 0 saturated heterocycles. The highest BCUT2D eigenvalue weighted by Crippen LogP contribution is 2.43. The van der Waals surface area contributed by atoms with Crippen LogP contribution < -0.4 is 0 Å². The quantitative estimate of drug-likeness (QED) is 0.227. The molecule has 0 spiro atoms. The lowest BCUT2D eigenvalue weighted by Gasteiger charge is -2.06. The van der Waals surface area contributed by atoms with E-state index in [9.17, 15) is 0 Å². The van der Waals surface area contributed by atoms with Crippen LogP contribution in [0.25, 0.3) is 48.0 Å². The smallest absolute Gasteiger partial charge is 0.0434 e. The van der Waals surface area contributed by atoms with Crippen molar-refractivity contribution in [3.63, 3.8) is 0 Å². The molecule has 1 aromatic heterocycles. The average Bonchev–Trinajstić information content (AvgIpc) is 3.27. The van der Waals surface area contributed by atoms with Gasteiger partial charge in [0, 0.05) is 25.2 Å². The van der Waals surface area contributed by atoms with Gasteiger partial charge in [0.05, 0.1) is 0 Å². The zero-order valence-electron chi connectivity index (χ0n) is 18.8. The van der Waals surface area contributed by atoms with Crippen LogP contribution in [-0.4, -0.2) is 0 Å². The molecule has 5 aromatic rings. The Morgan fingerprint density at radius 3 is 2.06 bits per heavy atom. The molecule has 0 bridgehead atoms. The molecule has 0 aliphatic heterocycles. The standard InChI is InChI=1S/C31H25ClS/c1-3-21(20-25(32)4-2)26-12-8-14-28-29-15-9-13-27(31(29)33-30(26)28)24-18-16-23(17-19-24)22-10-6-5-7-11-22/h4-20H,3H2,1-2H3/b21-20+,25-4+. The lowest BCUT2D eigenvalue weighted by atomic mass is 9.98. The summed E-state index contributed by atoms with van der Waals surface area (Å²) in [6, 6.07) is 32.7. The van der Waals surface area contributed by atoms with Crippen LogP contribution in [0.5, 0.6) is 0 Å². The number of fused-ring (bicyclic) bond motifs is 3. The largest absolute Gasteiger partial charge is 0.134 e. The number of hydrogen-bond donors (Lipinski definition) is 0. The molecular formula is C31H25ClS. The third-order valence-corrected chi connectivity index (χ3v) is 7.76. The molecule has 0 fully saturated rings. The third-order valence-electron chi connectivity index (χ3n) is 6.14. The van der Waals surface area contributed by atoms with Crippen molar-refractivity contribution in [1.82, 2.24) is 0 Å². The van der Waals surface area contributed by atoms with Crippen molar-refractivity contribution in [3.05, 3.63) is 114 Å². The summed E-state index contributed by atoms with van der Waals surface area (Å²) in [5.41, 5.74) is 7.56. The molecule has 0 saturated carbocycles. The topological polar surface area (TPSA) is 0 Å². The Labute approximate surface area is 204 Å². The van der Waals surface area contributed by atoms with Crippen LogP contribution in [0.1, 0.15) is 25.8 Å². The fraction of sp³-hybridized carbons (Fsp3) is 0.0968. The maximum absolute atomic E-state index is 6.37. The lowest BCUT2D eigenvalue weighted by Crippen LogP contribution is -1.84. The monoisotopic (exact) mass is 464 g/mol. The molecule has 1 heterocycles. The van der Waals surface area contributed by atoms with E-state index in [-0.39, 0.29) is 0 Å². The molecule has 0 aliphatic rings. The first-order chi connectivity index (χ1) is 16.2. The van der Waals surface area contributed by atoms with E-state index >= 15 is 0 Å². The van der Waals surface area contributed by atoms with Crippen LogP contribution in [-0.2, 0) is 0 Å². The van der Waals surface area contributed by atoms with E-state index in [1.54, 1.807) is 0 Å². The Hall–Kier alpha value is -3.13. The summed E-state index contributed by atoms with van der Waals surface area (Å²) in [7, 11) is 0. The minimum Gasteiger partial charge on any atom is -0.134 e. The van der Waals surface area contributed by atoms with E-state index in [4.69, 9.17) is 11.6 Å². The van der Waals surface area contributed by atoms with Crippen molar-refractivity contribution in [2.24, 2.45) is 0 Å². The second kappa shape index (κ2) is 9.39. The van der Waals surface area contributed by atoms with Gasteiger partial charge in [0.1, 0.15) is 0 Å². The number of hydrogen-bond acceptors (Lipinski definition) is 1. The highest BCUT2D eigenvalue weighted by Gasteiger charge is 2.14. The van der Waals surface area contributed by atoms with Crippen LogP contribution in [0, 0.1) is 0 Å². The minimum atomic E-state index is 0.782. The fourth-order valence-corrected chi connectivity index (χ4v) is 5.91. The van der Waals surface area contributed by atoms with E-state index in [0.29, 0.717) is 0 Å². The second-order valence-corrected chi connectivity index (χ2v) is 9.56. The second-order valence-electron chi connectivity index (χ2n) is 8.11. The van der Waals surface area contributed by atoms with Crippen molar-refractivity contribution < 1.29 is 0 Å². The molecular weight excluding hydrogens is 440 g/mol. The van der Waals surface area contributed by atoms with Gasteiger partial charge in [-0.05, 0) is 52.8 Å². The zero-order valence-corrected chi connectivity index (χ0v) is 20.4. The molecule has 33 heavy (non-hydrogen) atoms. The first-order valence-corrected chi connectivity index (χ1v) is 12.5. The summed E-state index contributed by atoms with van der Waals surface area (Å²) in [6.07, 6.45) is 4.98. The normalized spacial score (nSPS) is 12.6. The number of thiophene rings is 1. The molecule has 0 amide bonds. The molecule has 0 nitrogen and oxygen atoms in total.